The molecule has 0 saturated carbocycles. The van der Waals surface area contributed by atoms with Crippen molar-refractivity contribution in [2.45, 2.75) is 43.9 Å². The molecule has 0 spiro atoms. The summed E-state index contributed by atoms with van der Waals surface area (Å²) in [7, 11) is -3.11. The van der Waals surface area contributed by atoms with Crippen LogP contribution < -0.4 is 15.2 Å². The number of hydrogen-bond donors (Lipinski definition) is 4. The topological polar surface area (TPSA) is 161 Å². The number of fused-ring (bicyclic) bond motifs is 1. The van der Waals surface area contributed by atoms with E-state index >= 15 is 0 Å². The van der Waals surface area contributed by atoms with Crippen molar-refractivity contribution in [1.29, 1.82) is 0 Å². The van der Waals surface area contributed by atoms with Gasteiger partial charge in [-0.15, -0.1) is 0 Å². The predicted molar refractivity (Wildman–Crippen MR) is 139 cm³/mol. The van der Waals surface area contributed by atoms with Gasteiger partial charge in [0.25, 0.3) is 5.56 Å². The molecule has 2 aromatic carbocycles. The van der Waals surface area contributed by atoms with E-state index in [1.165, 1.54) is 37.8 Å². The van der Waals surface area contributed by atoms with Crippen molar-refractivity contribution in [3.8, 4) is 5.75 Å². The number of ether oxygens (including phenoxy) is 2. The Hall–Kier alpha value is -2.90. The SMILES string of the molecule is COC(=O)[C@H](C)N[P@](=O)(OC[C@H]1O[C@@H](n2ccc(=O)[nH]c2=S)[C@](C)(O)C1O)Oc1cccc2ccccc12. The van der Waals surface area contributed by atoms with Crippen molar-refractivity contribution in [2.24, 2.45) is 0 Å². The second kappa shape index (κ2) is 11.1. The Balaban J connectivity index is 1.60. The number of H-pyrrole nitrogens is 1. The maximum atomic E-state index is 13.9. The molecular formula is C24H28N3O9PS. The summed E-state index contributed by atoms with van der Waals surface area (Å²) in [6.07, 6.45) is -2.57. The quantitative estimate of drug-likeness (QED) is 0.171. The van der Waals surface area contributed by atoms with Crippen LogP contribution in [0.5, 0.6) is 5.75 Å². The minimum Gasteiger partial charge on any atom is -0.468 e. The third-order valence-corrected chi connectivity index (χ3v) is 8.08. The lowest BCUT2D eigenvalue weighted by Gasteiger charge is -2.28. The number of nitrogens with zero attached hydrogens (tertiary/aromatic N) is 1. The Kier molecular flexibility index (Phi) is 8.19. The molecule has 12 nitrogen and oxygen atoms in total. The van der Waals surface area contributed by atoms with E-state index in [1.54, 1.807) is 24.3 Å². The molecule has 4 rings (SSSR count). The number of aromatic amines is 1. The van der Waals surface area contributed by atoms with Crippen LogP contribution in [0.25, 0.3) is 10.8 Å². The first-order valence-electron chi connectivity index (χ1n) is 11.6. The third-order valence-electron chi connectivity index (χ3n) is 6.14. The summed E-state index contributed by atoms with van der Waals surface area (Å²) in [6.45, 7) is 2.25. The van der Waals surface area contributed by atoms with Crippen LogP contribution in [0.15, 0.2) is 59.5 Å². The monoisotopic (exact) mass is 565 g/mol. The number of aliphatic hydroxyl groups excluding tert-OH is 1. The second-order valence-corrected chi connectivity index (χ2v) is 11.0. The second-order valence-electron chi connectivity index (χ2n) is 8.95. The summed E-state index contributed by atoms with van der Waals surface area (Å²) < 4.78 is 37.2. The first kappa shape index (κ1) is 28.1. The summed E-state index contributed by atoms with van der Waals surface area (Å²) in [5.74, 6) is -0.476. The number of aliphatic hydroxyl groups is 2. The van der Waals surface area contributed by atoms with Crippen LogP contribution in [0.4, 0.5) is 0 Å². The predicted octanol–water partition coefficient (Wildman–Crippen LogP) is 2.42. The molecule has 1 saturated heterocycles. The van der Waals surface area contributed by atoms with Crippen LogP contribution in [-0.2, 0) is 23.4 Å². The minimum atomic E-state index is -4.30. The Morgan fingerprint density at radius 1 is 1.29 bits per heavy atom. The van der Waals surface area contributed by atoms with Gasteiger partial charge in [0.05, 0.1) is 13.7 Å². The summed E-state index contributed by atoms with van der Waals surface area (Å²) in [6, 6.07) is 12.5. The van der Waals surface area contributed by atoms with Crippen LogP contribution in [0.1, 0.15) is 20.1 Å². The van der Waals surface area contributed by atoms with Crippen LogP contribution in [-0.4, -0.2) is 63.3 Å². The van der Waals surface area contributed by atoms with Crippen molar-refractivity contribution >= 4 is 36.7 Å². The largest absolute Gasteiger partial charge is 0.468 e. The van der Waals surface area contributed by atoms with Crippen LogP contribution >= 0.6 is 20.0 Å². The van der Waals surface area contributed by atoms with E-state index in [9.17, 15) is 24.4 Å². The molecule has 4 N–H and O–H groups in total. The Labute approximate surface area is 222 Å². The van der Waals surface area contributed by atoms with Crippen molar-refractivity contribution in [1.82, 2.24) is 14.6 Å². The van der Waals surface area contributed by atoms with Gasteiger partial charge in [-0.1, -0.05) is 36.4 Å². The molecule has 14 heteroatoms. The molecule has 0 radical (unpaired) electrons. The Bertz CT molecular complexity index is 1490. The number of esters is 1. The van der Waals surface area contributed by atoms with E-state index in [1.807, 2.05) is 18.2 Å². The number of carbonyl (C=O) groups excluding carboxylic acids is 1. The van der Waals surface area contributed by atoms with Crippen LogP contribution in [0.3, 0.4) is 0 Å². The molecular weight excluding hydrogens is 537 g/mol. The molecule has 1 aliphatic heterocycles. The van der Waals surface area contributed by atoms with E-state index in [4.69, 9.17) is 30.7 Å². The fourth-order valence-corrected chi connectivity index (χ4v) is 5.90. The average molecular weight is 566 g/mol. The lowest BCUT2D eigenvalue weighted by atomic mass is 9.96. The molecule has 2 heterocycles. The first-order chi connectivity index (χ1) is 17.9. The van der Waals surface area contributed by atoms with Gasteiger partial charge in [0.2, 0.25) is 0 Å². The first-order valence-corrected chi connectivity index (χ1v) is 13.6. The molecule has 1 unspecified atom stereocenters. The zero-order valence-electron chi connectivity index (χ0n) is 20.8. The fraction of sp³-hybridized carbons (Fsp3) is 0.375. The zero-order chi connectivity index (χ0) is 27.7. The number of benzene rings is 2. The van der Waals surface area contributed by atoms with Gasteiger partial charge < -0.3 is 24.2 Å². The highest BCUT2D eigenvalue weighted by Gasteiger charge is 2.53. The van der Waals surface area contributed by atoms with Crippen molar-refractivity contribution in [3.63, 3.8) is 0 Å². The van der Waals surface area contributed by atoms with E-state index in [0.29, 0.717) is 5.39 Å². The molecule has 38 heavy (non-hydrogen) atoms. The summed E-state index contributed by atoms with van der Waals surface area (Å²) in [5, 5.41) is 25.9. The number of hydrogen-bond acceptors (Lipinski definition) is 10. The molecule has 6 atom stereocenters. The summed E-state index contributed by atoms with van der Waals surface area (Å²) in [5.41, 5.74) is -2.31. The number of carbonyl (C=O) groups is 1. The molecule has 1 aromatic heterocycles. The molecule has 1 fully saturated rings. The van der Waals surface area contributed by atoms with Crippen LogP contribution in [0.2, 0.25) is 0 Å². The number of methoxy groups -OCH3 is 1. The molecule has 204 valence electrons. The number of aromatic nitrogens is 2. The van der Waals surface area contributed by atoms with Gasteiger partial charge in [-0.05, 0) is 37.5 Å². The number of rotatable bonds is 9. The molecule has 1 aliphatic rings. The van der Waals surface area contributed by atoms with E-state index < -0.39 is 56.0 Å². The summed E-state index contributed by atoms with van der Waals surface area (Å²) >= 11 is 5.16. The molecule has 3 aromatic rings. The fourth-order valence-electron chi connectivity index (χ4n) is 4.12. The van der Waals surface area contributed by atoms with Gasteiger partial charge >= 0.3 is 13.7 Å². The van der Waals surface area contributed by atoms with Gasteiger partial charge in [0.15, 0.2) is 11.0 Å². The van der Waals surface area contributed by atoms with Gasteiger partial charge in [0, 0.05) is 17.6 Å². The highest BCUT2D eigenvalue weighted by molar-refractivity contribution is 7.71. The van der Waals surface area contributed by atoms with Crippen molar-refractivity contribution in [3.05, 3.63) is 69.9 Å². The Morgan fingerprint density at radius 2 is 2.00 bits per heavy atom. The standard InChI is InChI=1S/C24H28N3O9PS/c1-14(21(30)33-3)26-37(32,36-17-10-6-8-15-7-4-5-9-16(15)17)34-13-18-20(29)24(2,31)22(35-18)27-12-11-19(28)25-23(27)38/h4-12,14,18,20,22,29,31H,13H2,1-3H3,(H,26,32)(H,25,28,38)/t14-,18+,20?,22+,24+,37-/m0/s1. The van der Waals surface area contributed by atoms with E-state index in [0.717, 1.165) is 5.39 Å². The molecule has 0 bridgehead atoms. The highest BCUT2D eigenvalue weighted by Crippen LogP contribution is 2.48. The van der Waals surface area contributed by atoms with Gasteiger partial charge in [-0.2, -0.15) is 5.09 Å². The normalized spacial score (nSPS) is 25.6. The van der Waals surface area contributed by atoms with E-state index in [-0.39, 0.29) is 10.5 Å². The number of nitrogens with one attached hydrogen (secondary N) is 2. The molecule has 0 amide bonds. The highest BCUT2D eigenvalue weighted by atomic mass is 32.1. The van der Waals surface area contributed by atoms with Gasteiger partial charge in [-0.25, -0.2) is 4.57 Å². The van der Waals surface area contributed by atoms with Crippen LogP contribution in [0, 0.1) is 4.77 Å². The third kappa shape index (κ3) is 5.74. The maximum absolute atomic E-state index is 13.9. The smallest absolute Gasteiger partial charge is 0.459 e. The Morgan fingerprint density at radius 3 is 2.71 bits per heavy atom. The lowest BCUT2D eigenvalue weighted by Crippen LogP contribution is -2.45. The minimum absolute atomic E-state index is 0.0323. The average Bonchev–Trinajstić information content (AvgIpc) is 3.10. The zero-order valence-corrected chi connectivity index (χ0v) is 22.5. The maximum Gasteiger partial charge on any atom is 0.459 e. The van der Waals surface area contributed by atoms with Crippen molar-refractivity contribution in [2.75, 3.05) is 13.7 Å². The van der Waals surface area contributed by atoms with E-state index in [2.05, 4.69) is 10.1 Å². The molecule has 0 aliphatic carbocycles. The summed E-state index contributed by atoms with van der Waals surface area (Å²) in [4.78, 5) is 26.0. The van der Waals surface area contributed by atoms with Crippen molar-refractivity contribution < 1.29 is 38.1 Å². The van der Waals surface area contributed by atoms with Gasteiger partial charge in [-0.3, -0.25) is 23.7 Å². The lowest BCUT2D eigenvalue weighted by molar-refractivity contribution is -0.142. The van der Waals surface area contributed by atoms with Gasteiger partial charge in [0.1, 0.15) is 29.6 Å².